The summed E-state index contributed by atoms with van der Waals surface area (Å²) >= 11 is 0. The SMILES string of the molecule is COc1ccc(OC)c(-c2nnc3ccc(OCCNC(=O)C(C)Oc4ccc5c(c4)OCO5)nn23)c1. The van der Waals surface area contributed by atoms with Gasteiger partial charge in [0.25, 0.3) is 5.91 Å². The molecular weight excluding hydrogens is 482 g/mol. The van der Waals surface area contributed by atoms with Crippen molar-refractivity contribution in [3.63, 3.8) is 0 Å². The van der Waals surface area contributed by atoms with E-state index in [1.54, 1.807) is 74.2 Å². The molecular formula is C25H25N5O7. The van der Waals surface area contributed by atoms with Crippen LogP contribution in [0.4, 0.5) is 0 Å². The Morgan fingerprint density at radius 1 is 1.03 bits per heavy atom. The number of fused-ring (bicyclic) bond motifs is 2. The van der Waals surface area contributed by atoms with E-state index >= 15 is 0 Å². The van der Waals surface area contributed by atoms with Crippen LogP contribution in [-0.2, 0) is 4.79 Å². The van der Waals surface area contributed by atoms with Crippen LogP contribution in [0.1, 0.15) is 6.92 Å². The molecule has 1 aliphatic heterocycles. The van der Waals surface area contributed by atoms with Gasteiger partial charge in [0.1, 0.15) is 23.9 Å². The van der Waals surface area contributed by atoms with Gasteiger partial charge < -0.3 is 33.7 Å². The number of ether oxygens (including phenoxy) is 6. The summed E-state index contributed by atoms with van der Waals surface area (Å²) in [5.41, 5.74) is 1.21. The summed E-state index contributed by atoms with van der Waals surface area (Å²) in [6, 6.07) is 14.0. The fraction of sp³-hybridized carbons (Fsp3) is 0.280. The van der Waals surface area contributed by atoms with Crippen LogP contribution >= 0.6 is 0 Å². The molecule has 1 unspecified atom stereocenters. The number of hydrogen-bond donors (Lipinski definition) is 1. The zero-order valence-electron chi connectivity index (χ0n) is 20.5. The summed E-state index contributed by atoms with van der Waals surface area (Å²) in [7, 11) is 3.16. The summed E-state index contributed by atoms with van der Waals surface area (Å²) < 4.78 is 34.4. The molecule has 1 amide bonds. The molecule has 0 saturated carbocycles. The zero-order valence-corrected chi connectivity index (χ0v) is 20.5. The van der Waals surface area contributed by atoms with Crippen LogP contribution in [-0.4, -0.2) is 66.0 Å². The fourth-order valence-electron chi connectivity index (χ4n) is 3.69. The second-order valence-electron chi connectivity index (χ2n) is 7.95. The van der Waals surface area contributed by atoms with E-state index < -0.39 is 6.10 Å². The van der Waals surface area contributed by atoms with Crippen molar-refractivity contribution in [2.24, 2.45) is 0 Å². The Balaban J connectivity index is 1.18. The first-order chi connectivity index (χ1) is 18.1. The van der Waals surface area contributed by atoms with Crippen molar-refractivity contribution in [2.75, 3.05) is 34.2 Å². The van der Waals surface area contributed by atoms with E-state index in [2.05, 4.69) is 20.6 Å². The largest absolute Gasteiger partial charge is 0.497 e. The van der Waals surface area contributed by atoms with Crippen LogP contribution in [0.5, 0.6) is 34.6 Å². The maximum absolute atomic E-state index is 12.4. The smallest absolute Gasteiger partial charge is 0.260 e. The fourth-order valence-corrected chi connectivity index (χ4v) is 3.69. The van der Waals surface area contributed by atoms with Crippen LogP contribution in [0.2, 0.25) is 0 Å². The lowest BCUT2D eigenvalue weighted by molar-refractivity contribution is -0.127. The van der Waals surface area contributed by atoms with Gasteiger partial charge in [0.15, 0.2) is 29.1 Å². The van der Waals surface area contributed by atoms with Crippen molar-refractivity contribution in [3.05, 3.63) is 48.5 Å². The third kappa shape index (κ3) is 5.13. The molecule has 2 aromatic carbocycles. The van der Waals surface area contributed by atoms with Gasteiger partial charge in [-0.1, -0.05) is 0 Å². The maximum atomic E-state index is 12.4. The second kappa shape index (κ2) is 10.5. The van der Waals surface area contributed by atoms with E-state index in [0.29, 0.717) is 51.7 Å². The Bertz CT molecular complexity index is 1420. The lowest BCUT2D eigenvalue weighted by Gasteiger charge is -2.15. The Morgan fingerprint density at radius 3 is 2.70 bits per heavy atom. The van der Waals surface area contributed by atoms with Crippen molar-refractivity contribution in [1.82, 2.24) is 25.1 Å². The van der Waals surface area contributed by atoms with Gasteiger partial charge in [-0.25, -0.2) is 0 Å². The molecule has 4 aromatic rings. The Kier molecular flexibility index (Phi) is 6.79. The minimum absolute atomic E-state index is 0.171. The van der Waals surface area contributed by atoms with Gasteiger partial charge in [-0.15, -0.1) is 15.3 Å². The van der Waals surface area contributed by atoms with Gasteiger partial charge in [0, 0.05) is 12.1 Å². The molecule has 1 atom stereocenters. The second-order valence-corrected chi connectivity index (χ2v) is 7.95. The first-order valence-corrected chi connectivity index (χ1v) is 11.5. The van der Waals surface area contributed by atoms with Crippen LogP contribution in [0.25, 0.3) is 17.0 Å². The van der Waals surface area contributed by atoms with E-state index in [-0.39, 0.29) is 25.9 Å². The highest BCUT2D eigenvalue weighted by Gasteiger charge is 2.19. The molecule has 192 valence electrons. The van der Waals surface area contributed by atoms with Crippen LogP contribution in [0.3, 0.4) is 0 Å². The Morgan fingerprint density at radius 2 is 1.86 bits per heavy atom. The topological polar surface area (TPSA) is 128 Å². The number of methoxy groups -OCH3 is 2. The number of amides is 1. The average molecular weight is 508 g/mol. The number of nitrogens with one attached hydrogen (secondary N) is 1. The van der Waals surface area contributed by atoms with Crippen molar-refractivity contribution < 1.29 is 33.2 Å². The molecule has 0 saturated heterocycles. The molecule has 3 heterocycles. The van der Waals surface area contributed by atoms with E-state index in [1.807, 2.05) is 0 Å². The van der Waals surface area contributed by atoms with Crippen molar-refractivity contribution in [3.8, 4) is 46.0 Å². The number of rotatable bonds is 10. The number of carbonyl (C=O) groups excluding carboxylic acids is 1. The number of benzene rings is 2. The van der Waals surface area contributed by atoms with Gasteiger partial charge in [0.05, 0.1) is 26.3 Å². The number of aromatic nitrogens is 4. The van der Waals surface area contributed by atoms with Gasteiger partial charge in [0.2, 0.25) is 12.7 Å². The highest BCUT2D eigenvalue weighted by Crippen LogP contribution is 2.35. The molecule has 0 aliphatic carbocycles. The monoisotopic (exact) mass is 507 g/mol. The molecule has 37 heavy (non-hydrogen) atoms. The van der Waals surface area contributed by atoms with Gasteiger partial charge >= 0.3 is 0 Å². The number of hydrogen-bond acceptors (Lipinski definition) is 10. The van der Waals surface area contributed by atoms with Crippen LogP contribution in [0.15, 0.2) is 48.5 Å². The summed E-state index contributed by atoms with van der Waals surface area (Å²) in [5.74, 6) is 3.52. The van der Waals surface area contributed by atoms with Crippen molar-refractivity contribution in [1.29, 1.82) is 0 Å². The van der Waals surface area contributed by atoms with Crippen LogP contribution < -0.4 is 33.7 Å². The molecule has 5 rings (SSSR count). The minimum Gasteiger partial charge on any atom is -0.497 e. The molecule has 0 radical (unpaired) electrons. The lowest BCUT2D eigenvalue weighted by atomic mass is 10.2. The highest BCUT2D eigenvalue weighted by atomic mass is 16.7. The summed E-state index contributed by atoms with van der Waals surface area (Å²) in [6.45, 7) is 2.29. The quantitative estimate of drug-likeness (QED) is 0.320. The highest BCUT2D eigenvalue weighted by molar-refractivity contribution is 5.80. The molecule has 1 N–H and O–H groups in total. The predicted octanol–water partition coefficient (Wildman–Crippen LogP) is 2.50. The van der Waals surface area contributed by atoms with Crippen LogP contribution in [0, 0.1) is 0 Å². The summed E-state index contributed by atoms with van der Waals surface area (Å²) in [5, 5.41) is 15.7. The molecule has 12 nitrogen and oxygen atoms in total. The van der Waals surface area contributed by atoms with E-state index in [4.69, 9.17) is 28.4 Å². The molecule has 1 aliphatic rings. The number of carbonyl (C=O) groups is 1. The van der Waals surface area contributed by atoms with E-state index in [0.717, 1.165) is 0 Å². The van der Waals surface area contributed by atoms with Gasteiger partial charge in [-0.3, -0.25) is 4.79 Å². The lowest BCUT2D eigenvalue weighted by Crippen LogP contribution is -2.38. The van der Waals surface area contributed by atoms with Crippen molar-refractivity contribution >= 4 is 11.6 Å². The zero-order chi connectivity index (χ0) is 25.8. The maximum Gasteiger partial charge on any atom is 0.260 e. The predicted molar refractivity (Wildman–Crippen MR) is 130 cm³/mol. The minimum atomic E-state index is -0.715. The summed E-state index contributed by atoms with van der Waals surface area (Å²) in [6.07, 6.45) is -0.715. The van der Waals surface area contributed by atoms with Crippen molar-refractivity contribution in [2.45, 2.75) is 13.0 Å². The normalized spacial score (nSPS) is 12.7. The molecule has 0 bridgehead atoms. The molecule has 0 spiro atoms. The third-order valence-corrected chi connectivity index (χ3v) is 5.56. The summed E-state index contributed by atoms with van der Waals surface area (Å²) in [4.78, 5) is 12.4. The molecule has 0 fully saturated rings. The molecule has 2 aromatic heterocycles. The van der Waals surface area contributed by atoms with E-state index in [9.17, 15) is 4.79 Å². The number of nitrogens with zero attached hydrogens (tertiary/aromatic N) is 4. The standard InChI is InChI=1S/C25H25N5O7/c1-15(37-17-5-7-20-21(13-17)36-14-35-20)25(31)26-10-11-34-23-9-8-22-27-28-24(30(22)29-23)18-12-16(32-2)4-6-19(18)33-3/h4-9,12-13,15H,10-11,14H2,1-3H3,(H,26,31). The van der Waals surface area contributed by atoms with Gasteiger partial charge in [-0.2, -0.15) is 4.52 Å². The Hall–Kier alpha value is -4.74. The van der Waals surface area contributed by atoms with E-state index in [1.165, 1.54) is 0 Å². The van der Waals surface area contributed by atoms with Gasteiger partial charge in [-0.05, 0) is 43.3 Å². The Labute approximate surface area is 212 Å². The molecule has 12 heteroatoms. The third-order valence-electron chi connectivity index (χ3n) is 5.56. The average Bonchev–Trinajstić information content (AvgIpc) is 3.57. The first-order valence-electron chi connectivity index (χ1n) is 11.5. The first kappa shape index (κ1) is 24.0.